The predicted molar refractivity (Wildman–Crippen MR) is 143 cm³/mol. The van der Waals surface area contributed by atoms with Gasteiger partial charge >= 0.3 is 0 Å². The Bertz CT molecular complexity index is 665. The van der Waals surface area contributed by atoms with E-state index in [4.69, 9.17) is 19.9 Å². The average Bonchev–Trinajstić information content (AvgIpc) is 2.69. The molecule has 1 aliphatic rings. The molecule has 0 aromatic rings. The van der Waals surface area contributed by atoms with Crippen LogP contribution in [0, 0.1) is 5.92 Å². The van der Waals surface area contributed by atoms with E-state index < -0.39 is 46.2 Å². The molecule has 0 spiro atoms. The van der Waals surface area contributed by atoms with E-state index in [2.05, 4.69) is 19.2 Å². The van der Waals surface area contributed by atoms with Gasteiger partial charge in [-0.15, -0.1) is 0 Å². The van der Waals surface area contributed by atoms with E-state index >= 15 is 0 Å². The first-order valence-corrected chi connectivity index (χ1v) is 18.7. The summed E-state index contributed by atoms with van der Waals surface area (Å²) in [7, 11) is -5.03. The number of aliphatic hydroxyl groups is 1. The Labute approximate surface area is 214 Å². The Morgan fingerprint density at radius 1 is 1.03 bits per heavy atom. The van der Waals surface area contributed by atoms with Crippen molar-refractivity contribution < 1.29 is 33.7 Å². The molecule has 1 amide bonds. The standard InChI is InChI=1S/C24H52N2O7Si2/c1-17(27)26-20-18(16-24(4,5)35(8,9)30)21(28)19(10-11-23(2,3)34(6,7)29)33-22(20)32-15-14-31-13-12-25/h18-22,28-30H,10-16,25H2,1-9H3,(H,26,27). The lowest BCUT2D eigenvalue weighted by Crippen LogP contribution is -2.62. The smallest absolute Gasteiger partial charge is 0.217 e. The SMILES string of the molecule is CC(=O)NC1C(OCCOCCN)OC(CCC(C)(C)[Si](C)(C)O)C(O)C1CC(C)(C)[Si](C)(C)O. The molecule has 0 aromatic heterocycles. The van der Waals surface area contributed by atoms with Crippen LogP contribution in [-0.4, -0.2) is 88.1 Å². The molecule has 1 aliphatic heterocycles. The summed E-state index contributed by atoms with van der Waals surface area (Å²) in [4.78, 5) is 33.8. The van der Waals surface area contributed by atoms with Crippen molar-refractivity contribution in [2.45, 2.75) is 115 Å². The van der Waals surface area contributed by atoms with Crippen molar-refractivity contribution >= 4 is 22.5 Å². The van der Waals surface area contributed by atoms with Crippen LogP contribution in [0.15, 0.2) is 0 Å². The van der Waals surface area contributed by atoms with Gasteiger partial charge in [0.2, 0.25) is 5.91 Å². The third kappa shape index (κ3) is 9.46. The van der Waals surface area contributed by atoms with Gasteiger partial charge in [-0.2, -0.15) is 0 Å². The van der Waals surface area contributed by atoms with Crippen molar-refractivity contribution in [3.05, 3.63) is 0 Å². The molecule has 0 saturated carbocycles. The number of aliphatic hydroxyl groups excluding tert-OH is 1. The second kappa shape index (κ2) is 12.9. The van der Waals surface area contributed by atoms with Crippen LogP contribution in [0.2, 0.25) is 36.3 Å². The Balaban J connectivity index is 3.23. The fourth-order valence-corrected chi connectivity index (χ4v) is 5.61. The highest BCUT2D eigenvalue weighted by atomic mass is 28.4. The number of carbonyl (C=O) groups is 1. The van der Waals surface area contributed by atoms with E-state index in [1.165, 1.54) is 6.92 Å². The van der Waals surface area contributed by atoms with E-state index in [0.717, 1.165) is 0 Å². The van der Waals surface area contributed by atoms with Crippen LogP contribution in [0.25, 0.3) is 0 Å². The zero-order valence-corrected chi connectivity index (χ0v) is 25.4. The van der Waals surface area contributed by atoms with Gasteiger partial charge in [0.05, 0.1) is 38.1 Å². The fraction of sp³-hybridized carbons (Fsp3) is 0.958. The van der Waals surface area contributed by atoms with Crippen molar-refractivity contribution in [1.29, 1.82) is 0 Å². The highest BCUT2D eigenvalue weighted by Crippen LogP contribution is 2.47. The highest BCUT2D eigenvalue weighted by molar-refractivity contribution is 6.73. The average molecular weight is 537 g/mol. The zero-order chi connectivity index (χ0) is 27.2. The van der Waals surface area contributed by atoms with Crippen LogP contribution < -0.4 is 11.1 Å². The van der Waals surface area contributed by atoms with Crippen LogP contribution in [0.3, 0.4) is 0 Å². The lowest BCUT2D eigenvalue weighted by atomic mass is 9.79. The Kier molecular flexibility index (Phi) is 12.1. The first kappa shape index (κ1) is 32.7. The molecule has 208 valence electrons. The molecule has 1 fully saturated rings. The molecular formula is C24H52N2O7Si2. The van der Waals surface area contributed by atoms with Gasteiger partial charge in [-0.3, -0.25) is 4.79 Å². The number of amides is 1. The number of ether oxygens (including phenoxy) is 3. The van der Waals surface area contributed by atoms with Gasteiger partial charge in [-0.25, -0.2) is 0 Å². The highest BCUT2D eigenvalue weighted by Gasteiger charge is 2.51. The normalized spacial score (nSPS) is 26.6. The largest absolute Gasteiger partial charge is 0.432 e. The van der Waals surface area contributed by atoms with Gasteiger partial charge in [0, 0.05) is 19.4 Å². The predicted octanol–water partition coefficient (Wildman–Crippen LogP) is 2.31. The third-order valence-electron chi connectivity index (χ3n) is 8.14. The van der Waals surface area contributed by atoms with Crippen molar-refractivity contribution in [1.82, 2.24) is 5.32 Å². The van der Waals surface area contributed by atoms with Crippen LogP contribution >= 0.6 is 0 Å². The quantitative estimate of drug-likeness (QED) is 0.168. The molecule has 11 heteroatoms. The first-order chi connectivity index (χ1) is 15.8. The van der Waals surface area contributed by atoms with Crippen molar-refractivity contribution in [3.63, 3.8) is 0 Å². The number of hydrogen-bond acceptors (Lipinski definition) is 8. The molecule has 0 bridgehead atoms. The summed E-state index contributed by atoms with van der Waals surface area (Å²) < 4.78 is 17.7. The van der Waals surface area contributed by atoms with Gasteiger partial charge in [0.1, 0.15) is 0 Å². The Morgan fingerprint density at radius 2 is 1.60 bits per heavy atom. The maximum Gasteiger partial charge on any atom is 0.217 e. The fourth-order valence-electron chi connectivity index (χ4n) is 4.12. The minimum atomic E-state index is -2.59. The van der Waals surface area contributed by atoms with Crippen LogP contribution in [0.5, 0.6) is 0 Å². The van der Waals surface area contributed by atoms with E-state index in [1.54, 1.807) is 0 Å². The van der Waals surface area contributed by atoms with Crippen molar-refractivity contribution in [2.75, 3.05) is 26.4 Å². The van der Waals surface area contributed by atoms with E-state index in [0.29, 0.717) is 39.0 Å². The minimum Gasteiger partial charge on any atom is -0.432 e. The molecule has 5 unspecified atom stereocenters. The van der Waals surface area contributed by atoms with Gasteiger partial charge in [0.15, 0.2) is 22.9 Å². The summed E-state index contributed by atoms with van der Waals surface area (Å²) in [5.41, 5.74) is 5.48. The first-order valence-electron chi connectivity index (χ1n) is 12.8. The summed E-state index contributed by atoms with van der Waals surface area (Å²) >= 11 is 0. The maximum atomic E-state index is 12.1. The number of carbonyl (C=O) groups excluding carboxylic acids is 1. The van der Waals surface area contributed by atoms with Gasteiger partial charge in [-0.1, -0.05) is 27.7 Å². The molecule has 1 saturated heterocycles. The number of rotatable bonds is 14. The van der Waals surface area contributed by atoms with Crippen molar-refractivity contribution in [2.24, 2.45) is 11.7 Å². The second-order valence-corrected chi connectivity index (χ2v) is 21.3. The Hall–Kier alpha value is -0.376. The monoisotopic (exact) mass is 536 g/mol. The van der Waals surface area contributed by atoms with Crippen LogP contribution in [0.1, 0.15) is 53.9 Å². The van der Waals surface area contributed by atoms with Crippen molar-refractivity contribution in [3.8, 4) is 0 Å². The summed E-state index contributed by atoms with van der Waals surface area (Å²) in [6, 6.07) is -0.583. The molecule has 0 aromatic carbocycles. The van der Waals surface area contributed by atoms with E-state index in [9.17, 15) is 19.5 Å². The third-order valence-corrected chi connectivity index (χ3v) is 15.2. The maximum absolute atomic E-state index is 12.1. The molecule has 6 N–H and O–H groups in total. The van der Waals surface area contributed by atoms with Crippen LogP contribution in [0.4, 0.5) is 0 Å². The molecule has 1 heterocycles. The number of hydrogen-bond donors (Lipinski definition) is 5. The van der Waals surface area contributed by atoms with Crippen LogP contribution in [-0.2, 0) is 19.0 Å². The van der Waals surface area contributed by atoms with E-state index in [1.807, 2.05) is 40.0 Å². The second-order valence-electron chi connectivity index (χ2n) is 12.3. The lowest BCUT2D eigenvalue weighted by Gasteiger charge is -2.49. The Morgan fingerprint density at radius 3 is 2.09 bits per heavy atom. The molecular weight excluding hydrogens is 484 g/mol. The molecule has 1 rings (SSSR count). The summed E-state index contributed by atoms with van der Waals surface area (Å²) in [6.07, 6.45) is -0.455. The van der Waals surface area contributed by atoms with Gasteiger partial charge < -0.3 is 40.0 Å². The summed E-state index contributed by atoms with van der Waals surface area (Å²) in [5.74, 6) is -0.626. The molecule has 5 atom stereocenters. The summed E-state index contributed by atoms with van der Waals surface area (Å²) in [6.45, 7) is 18.6. The molecule has 0 aliphatic carbocycles. The molecule has 0 radical (unpaired) electrons. The topological polar surface area (TPSA) is 144 Å². The van der Waals surface area contributed by atoms with Gasteiger partial charge in [0.25, 0.3) is 0 Å². The number of nitrogens with one attached hydrogen (secondary N) is 1. The minimum absolute atomic E-state index is 0.241. The molecule has 35 heavy (non-hydrogen) atoms. The lowest BCUT2D eigenvalue weighted by molar-refractivity contribution is -0.258. The summed E-state index contributed by atoms with van der Waals surface area (Å²) in [5, 5.41) is 13.8. The van der Waals surface area contributed by atoms with E-state index in [-0.39, 0.29) is 23.5 Å². The zero-order valence-electron chi connectivity index (χ0n) is 23.4. The number of nitrogens with two attached hydrogens (primary N) is 1. The molecule has 9 nitrogen and oxygen atoms in total. The van der Waals surface area contributed by atoms with Gasteiger partial charge in [-0.05, 0) is 55.5 Å².